The maximum absolute atomic E-state index is 12.4. The molecule has 164 valence electrons. The Hall–Kier alpha value is -2.34. The van der Waals surface area contributed by atoms with Crippen LogP contribution in [0.2, 0.25) is 0 Å². The fraction of sp³-hybridized carbons (Fsp3) is 0.583. The van der Waals surface area contributed by atoms with Crippen LogP contribution >= 0.6 is 0 Å². The molecule has 2 aliphatic rings. The van der Waals surface area contributed by atoms with Crippen molar-refractivity contribution in [3.8, 4) is 0 Å². The Morgan fingerprint density at radius 2 is 1.70 bits per heavy atom. The minimum Gasteiger partial charge on any atom is -0.378 e. The van der Waals surface area contributed by atoms with Gasteiger partial charge in [0.25, 0.3) is 0 Å². The average Bonchev–Trinajstić information content (AvgIpc) is 3.29. The number of likely N-dealkylation sites (tertiary alicyclic amines) is 1. The van der Waals surface area contributed by atoms with Gasteiger partial charge in [0.2, 0.25) is 0 Å². The van der Waals surface area contributed by atoms with Crippen LogP contribution in [0.4, 0.5) is 5.69 Å². The molecule has 1 fully saturated rings. The molecule has 0 radical (unpaired) electrons. The number of amides is 2. The number of rotatable bonds is 8. The molecule has 0 spiro atoms. The van der Waals surface area contributed by atoms with Crippen LogP contribution in [-0.4, -0.2) is 52.1 Å². The van der Waals surface area contributed by atoms with E-state index < -0.39 is 11.8 Å². The number of hydrogen-bond acceptors (Lipinski definition) is 3. The Bertz CT molecular complexity index is 736. The number of allylic oxidation sites excluding steroid dienone is 1. The van der Waals surface area contributed by atoms with Gasteiger partial charge in [-0.25, -0.2) is 0 Å². The first-order valence-corrected chi connectivity index (χ1v) is 11.4. The first kappa shape index (κ1) is 22.3. The van der Waals surface area contributed by atoms with Gasteiger partial charge in [-0.3, -0.25) is 9.59 Å². The molecule has 1 aromatic carbocycles. The van der Waals surface area contributed by atoms with Gasteiger partial charge in [0.15, 0.2) is 0 Å². The number of benzene rings is 1. The summed E-state index contributed by atoms with van der Waals surface area (Å²) in [7, 11) is 4.06. The van der Waals surface area contributed by atoms with E-state index in [0.29, 0.717) is 13.1 Å². The molecule has 1 aromatic rings. The third kappa shape index (κ3) is 6.33. The van der Waals surface area contributed by atoms with Crippen LogP contribution in [-0.2, 0) is 9.59 Å². The number of anilines is 1. The molecule has 0 saturated carbocycles. The van der Waals surface area contributed by atoms with Gasteiger partial charge < -0.3 is 20.4 Å². The van der Waals surface area contributed by atoms with Crippen LogP contribution in [0.1, 0.15) is 56.6 Å². The smallest absolute Gasteiger partial charge is 0.309 e. The zero-order valence-electron chi connectivity index (χ0n) is 18.5. The van der Waals surface area contributed by atoms with E-state index in [4.69, 9.17) is 0 Å². The van der Waals surface area contributed by atoms with Crippen LogP contribution in [0.5, 0.6) is 0 Å². The fourth-order valence-electron chi connectivity index (χ4n) is 4.50. The van der Waals surface area contributed by atoms with E-state index in [-0.39, 0.29) is 6.04 Å². The molecule has 2 amide bonds. The van der Waals surface area contributed by atoms with Gasteiger partial charge in [-0.05, 0) is 44.2 Å². The van der Waals surface area contributed by atoms with E-state index >= 15 is 0 Å². The summed E-state index contributed by atoms with van der Waals surface area (Å²) < 4.78 is 0. The first-order valence-electron chi connectivity index (χ1n) is 11.4. The summed E-state index contributed by atoms with van der Waals surface area (Å²) in [5.41, 5.74) is 3.77. The highest BCUT2D eigenvalue weighted by Crippen LogP contribution is 2.19. The summed E-state index contributed by atoms with van der Waals surface area (Å²) >= 11 is 0. The summed E-state index contributed by atoms with van der Waals surface area (Å²) in [6.45, 7) is 3.23. The van der Waals surface area contributed by atoms with E-state index in [1.54, 1.807) is 0 Å². The van der Waals surface area contributed by atoms with E-state index in [0.717, 1.165) is 38.0 Å². The zero-order chi connectivity index (χ0) is 21.3. The lowest BCUT2D eigenvalue weighted by Crippen LogP contribution is -3.11. The second kappa shape index (κ2) is 11.2. The average molecular weight is 414 g/mol. The van der Waals surface area contributed by atoms with Gasteiger partial charge in [0.1, 0.15) is 6.04 Å². The minimum atomic E-state index is -0.527. The van der Waals surface area contributed by atoms with Crippen molar-refractivity contribution < 1.29 is 14.5 Å². The first-order chi connectivity index (χ1) is 14.5. The topological polar surface area (TPSA) is 65.9 Å². The fourth-order valence-corrected chi connectivity index (χ4v) is 4.50. The van der Waals surface area contributed by atoms with Crippen molar-refractivity contribution in [2.45, 2.75) is 51.0 Å². The van der Waals surface area contributed by atoms with E-state index in [2.05, 4.69) is 45.9 Å². The quantitative estimate of drug-likeness (QED) is 0.448. The number of carbonyl (C=O) groups excluding carboxylic acids is 2. The van der Waals surface area contributed by atoms with Crippen LogP contribution in [0.3, 0.4) is 0 Å². The lowest BCUT2D eigenvalue weighted by Gasteiger charge is -2.25. The minimum absolute atomic E-state index is 0.174. The van der Waals surface area contributed by atoms with Gasteiger partial charge in [0, 0.05) is 44.7 Å². The normalized spacial score (nSPS) is 17.9. The Kier molecular flexibility index (Phi) is 8.31. The summed E-state index contributed by atoms with van der Waals surface area (Å²) in [6, 6.07) is 8.71. The van der Waals surface area contributed by atoms with Gasteiger partial charge >= 0.3 is 11.8 Å². The number of carbonyl (C=O) groups is 2. The monoisotopic (exact) mass is 413 g/mol. The van der Waals surface area contributed by atoms with Gasteiger partial charge in [-0.2, -0.15) is 0 Å². The molecule has 3 N–H and O–H groups in total. The lowest BCUT2D eigenvalue weighted by molar-refractivity contribution is -0.918. The van der Waals surface area contributed by atoms with Crippen molar-refractivity contribution in [3.63, 3.8) is 0 Å². The highest BCUT2D eigenvalue weighted by molar-refractivity contribution is 6.35. The third-order valence-corrected chi connectivity index (χ3v) is 6.34. The van der Waals surface area contributed by atoms with Crippen LogP contribution in [0.15, 0.2) is 35.9 Å². The number of hydrogen-bond donors (Lipinski definition) is 3. The highest BCUT2D eigenvalue weighted by atomic mass is 16.2. The molecule has 0 bridgehead atoms. The van der Waals surface area contributed by atoms with Crippen LogP contribution in [0, 0.1) is 0 Å². The van der Waals surface area contributed by atoms with Crippen molar-refractivity contribution in [2.24, 2.45) is 0 Å². The summed E-state index contributed by atoms with van der Waals surface area (Å²) in [4.78, 5) is 28.1. The van der Waals surface area contributed by atoms with Crippen LogP contribution in [0.25, 0.3) is 0 Å². The summed E-state index contributed by atoms with van der Waals surface area (Å²) in [5, 5.41) is 5.67. The van der Waals surface area contributed by atoms with Crippen molar-refractivity contribution in [1.29, 1.82) is 0 Å². The molecule has 1 atom stereocenters. The molecule has 1 heterocycles. The highest BCUT2D eigenvalue weighted by Gasteiger charge is 2.28. The van der Waals surface area contributed by atoms with Gasteiger partial charge in [0.05, 0.1) is 19.6 Å². The summed E-state index contributed by atoms with van der Waals surface area (Å²) in [6.07, 6.45) is 10.3. The molecule has 3 rings (SSSR count). The molecule has 1 aliphatic carbocycles. The maximum Gasteiger partial charge on any atom is 0.309 e. The summed E-state index contributed by atoms with van der Waals surface area (Å²) in [5.74, 6) is -1.05. The Morgan fingerprint density at radius 1 is 1.00 bits per heavy atom. The molecule has 1 saturated heterocycles. The van der Waals surface area contributed by atoms with E-state index in [9.17, 15) is 9.59 Å². The predicted molar refractivity (Wildman–Crippen MR) is 121 cm³/mol. The second-order valence-electron chi connectivity index (χ2n) is 8.73. The molecular formula is C24H37N4O2+. The lowest BCUT2D eigenvalue weighted by atomic mass is 9.97. The Morgan fingerprint density at radius 3 is 2.33 bits per heavy atom. The molecule has 0 unspecified atom stereocenters. The zero-order valence-corrected chi connectivity index (χ0v) is 18.5. The SMILES string of the molecule is CN(C)c1ccc([C@H](CNC(=O)C(=O)NCCC2=CCCCC2)[NH+]2CCCC2)cc1. The van der Waals surface area contributed by atoms with Crippen molar-refractivity contribution in [3.05, 3.63) is 41.5 Å². The molecular weight excluding hydrogens is 376 g/mol. The Balaban J connectivity index is 1.52. The number of nitrogens with zero attached hydrogens (tertiary/aromatic N) is 1. The van der Waals surface area contributed by atoms with E-state index in [1.807, 2.05) is 14.1 Å². The molecule has 6 heteroatoms. The molecule has 6 nitrogen and oxygen atoms in total. The maximum atomic E-state index is 12.4. The largest absolute Gasteiger partial charge is 0.378 e. The Labute approximate surface area is 180 Å². The van der Waals surface area contributed by atoms with Gasteiger partial charge in [-0.15, -0.1) is 0 Å². The predicted octanol–water partition coefficient (Wildman–Crippen LogP) is 1.60. The van der Waals surface area contributed by atoms with E-state index in [1.165, 1.54) is 41.7 Å². The second-order valence-corrected chi connectivity index (χ2v) is 8.73. The molecule has 1 aliphatic heterocycles. The number of nitrogens with one attached hydrogen (secondary N) is 3. The molecule has 30 heavy (non-hydrogen) atoms. The van der Waals surface area contributed by atoms with Gasteiger partial charge in [-0.1, -0.05) is 23.8 Å². The van der Waals surface area contributed by atoms with Crippen LogP contribution < -0.4 is 20.4 Å². The number of quaternary nitrogens is 1. The van der Waals surface area contributed by atoms with Crippen molar-refractivity contribution in [2.75, 3.05) is 45.2 Å². The standard InChI is InChI=1S/C24H36N4O2/c1-27(2)21-12-10-20(11-13-21)22(28-16-6-7-17-28)18-26-24(30)23(29)25-15-14-19-8-4-3-5-9-19/h8,10-13,22H,3-7,9,14-18H2,1-2H3,(H,25,29)(H,26,30)/p+1/t22-/m0/s1. The third-order valence-electron chi connectivity index (χ3n) is 6.34. The van der Waals surface area contributed by atoms with Crippen molar-refractivity contribution in [1.82, 2.24) is 10.6 Å². The van der Waals surface area contributed by atoms with Crippen molar-refractivity contribution >= 4 is 17.5 Å². The molecule has 0 aromatic heterocycles.